The summed E-state index contributed by atoms with van der Waals surface area (Å²) in [6.07, 6.45) is 1.21. The number of nitrogens with one attached hydrogen (secondary N) is 3. The maximum Gasteiger partial charge on any atom is 0.325 e. The Labute approximate surface area is 161 Å². The van der Waals surface area contributed by atoms with Gasteiger partial charge >= 0.3 is 5.69 Å². The number of hydrogen-bond donors (Lipinski definition) is 3. The molecule has 140 valence electrons. The second-order valence-electron chi connectivity index (χ2n) is 7.86. The van der Waals surface area contributed by atoms with E-state index in [-0.39, 0.29) is 22.8 Å². The maximum atomic E-state index is 13.1. The van der Waals surface area contributed by atoms with Crippen LogP contribution in [0.3, 0.4) is 0 Å². The number of hydrogen-bond acceptors (Lipinski definition) is 5. The van der Waals surface area contributed by atoms with Crippen LogP contribution in [0, 0.1) is 10.1 Å². The van der Waals surface area contributed by atoms with Gasteiger partial charge in [-0.3, -0.25) is 14.8 Å². The third-order valence-electron chi connectivity index (χ3n) is 5.20. The van der Waals surface area contributed by atoms with Crippen LogP contribution in [-0.4, -0.2) is 22.9 Å². The summed E-state index contributed by atoms with van der Waals surface area (Å²) in [4.78, 5) is 30.5. The van der Waals surface area contributed by atoms with E-state index in [4.69, 9.17) is 17.0 Å². The van der Waals surface area contributed by atoms with Crippen molar-refractivity contribution in [2.75, 3.05) is 12.4 Å². The maximum absolute atomic E-state index is 13.1. The third kappa shape index (κ3) is 3.02. The minimum Gasteiger partial charge on any atom is -0.497 e. The van der Waals surface area contributed by atoms with Crippen LogP contribution < -0.4 is 15.7 Å². The van der Waals surface area contributed by atoms with E-state index in [0.717, 1.165) is 34.6 Å². The van der Waals surface area contributed by atoms with Crippen LogP contribution in [0.2, 0.25) is 0 Å². The molecule has 0 fully saturated rings. The lowest BCUT2D eigenvalue weighted by Crippen LogP contribution is -2.35. The van der Waals surface area contributed by atoms with Crippen LogP contribution in [0.5, 0.6) is 5.75 Å². The minimum absolute atomic E-state index is 0.112. The van der Waals surface area contributed by atoms with Crippen molar-refractivity contribution in [2.45, 2.75) is 32.6 Å². The average molecular weight is 383 g/mol. The summed E-state index contributed by atoms with van der Waals surface area (Å²) in [6.45, 7) is 4.16. The predicted molar refractivity (Wildman–Crippen MR) is 106 cm³/mol. The molecule has 0 saturated heterocycles. The molecule has 0 saturated carbocycles. The minimum atomic E-state index is -0.370. The fourth-order valence-corrected chi connectivity index (χ4v) is 4.39. The molecule has 1 aliphatic heterocycles. The van der Waals surface area contributed by atoms with Crippen molar-refractivity contribution in [3.63, 3.8) is 0 Å². The number of ketones is 1. The number of aromatic nitrogens is 2. The molecule has 4 rings (SSSR count). The average Bonchev–Trinajstić information content (AvgIpc) is 2.58. The first-order valence-corrected chi connectivity index (χ1v) is 9.23. The van der Waals surface area contributed by atoms with Gasteiger partial charge in [-0.15, -0.1) is 0 Å². The first kappa shape index (κ1) is 17.7. The van der Waals surface area contributed by atoms with Crippen molar-refractivity contribution < 1.29 is 9.53 Å². The fraction of sp³-hybridized carbons (Fsp3) is 0.350. The van der Waals surface area contributed by atoms with Gasteiger partial charge in [0.1, 0.15) is 16.2 Å². The second kappa shape index (κ2) is 6.20. The molecule has 1 atom stereocenters. The van der Waals surface area contributed by atoms with Gasteiger partial charge < -0.3 is 10.1 Å². The highest BCUT2D eigenvalue weighted by Crippen LogP contribution is 2.48. The zero-order valence-corrected chi connectivity index (χ0v) is 16.3. The number of benzene rings is 1. The van der Waals surface area contributed by atoms with Crippen molar-refractivity contribution in [1.29, 1.82) is 0 Å². The van der Waals surface area contributed by atoms with E-state index < -0.39 is 0 Å². The zero-order chi connectivity index (χ0) is 19.3. The number of carbonyl (C=O) groups excluding carboxylic acids is 1. The second-order valence-corrected chi connectivity index (χ2v) is 8.27. The summed E-state index contributed by atoms with van der Waals surface area (Å²) in [5.74, 6) is 1.09. The molecule has 6 nitrogen and oxygen atoms in total. The summed E-state index contributed by atoms with van der Waals surface area (Å²) >= 11 is 5.46. The number of Topliss-reactive ketones (excluding diaryl/α,β-unsaturated/α-hetero) is 1. The Hall–Kier alpha value is -2.67. The lowest BCUT2D eigenvalue weighted by molar-refractivity contribution is -0.118. The topological polar surface area (TPSA) is 87.0 Å². The van der Waals surface area contributed by atoms with Crippen LogP contribution in [0.1, 0.15) is 43.7 Å². The molecule has 2 aliphatic rings. The smallest absolute Gasteiger partial charge is 0.325 e. The Morgan fingerprint density at radius 2 is 1.81 bits per heavy atom. The molecule has 3 N–H and O–H groups in total. The number of carbonyl (C=O) groups is 1. The molecule has 1 aromatic carbocycles. The van der Waals surface area contributed by atoms with Crippen LogP contribution in [0.15, 0.2) is 40.3 Å². The number of rotatable bonds is 2. The molecule has 0 bridgehead atoms. The Kier molecular flexibility index (Phi) is 4.07. The number of allylic oxidation sites excluding steroid dienone is 2. The Morgan fingerprint density at radius 3 is 2.48 bits per heavy atom. The Morgan fingerprint density at radius 1 is 1.11 bits per heavy atom. The molecule has 0 spiro atoms. The first-order chi connectivity index (χ1) is 12.8. The van der Waals surface area contributed by atoms with Gasteiger partial charge in [0.2, 0.25) is 0 Å². The van der Waals surface area contributed by atoms with Crippen LogP contribution >= 0.6 is 12.2 Å². The van der Waals surface area contributed by atoms with E-state index in [0.29, 0.717) is 16.9 Å². The quantitative estimate of drug-likeness (QED) is 0.689. The number of H-pyrrole nitrogens is 2. The lowest BCUT2D eigenvalue weighted by Gasteiger charge is -2.39. The van der Waals surface area contributed by atoms with E-state index in [9.17, 15) is 9.59 Å². The summed E-state index contributed by atoms with van der Waals surface area (Å²) in [6, 6.07) is 7.62. The molecule has 2 aromatic rings. The van der Waals surface area contributed by atoms with Crippen molar-refractivity contribution in [1.82, 2.24) is 9.97 Å². The molecule has 1 aliphatic carbocycles. The highest BCUT2D eigenvalue weighted by atomic mass is 32.1. The van der Waals surface area contributed by atoms with Crippen LogP contribution in [0.25, 0.3) is 0 Å². The normalized spacial score (nSPS) is 20.6. The number of aromatic amines is 2. The van der Waals surface area contributed by atoms with Crippen molar-refractivity contribution in [2.24, 2.45) is 5.41 Å². The van der Waals surface area contributed by atoms with E-state index in [1.54, 1.807) is 7.11 Å². The van der Waals surface area contributed by atoms with Gasteiger partial charge in [-0.2, -0.15) is 0 Å². The largest absolute Gasteiger partial charge is 0.497 e. The standard InChI is InChI=1S/C20H21N3O3S/c1-20(2)8-12-15(13(24)9-20)14(10-4-6-11(26-3)7-5-10)16-17(21-12)22-19(25)23-18(16)27/h4-7,14H,8-9H2,1-3H3,(H3,21,22,23,25,27). The molecule has 1 aromatic heterocycles. The van der Waals surface area contributed by atoms with Crippen molar-refractivity contribution in [3.8, 4) is 5.75 Å². The van der Waals surface area contributed by atoms with E-state index in [1.807, 2.05) is 24.3 Å². The number of anilines is 1. The number of fused-ring (bicyclic) bond motifs is 1. The van der Waals surface area contributed by atoms with Crippen molar-refractivity contribution >= 4 is 23.8 Å². The van der Waals surface area contributed by atoms with Gasteiger partial charge in [-0.25, -0.2) is 4.79 Å². The summed E-state index contributed by atoms with van der Waals surface area (Å²) in [5.41, 5.74) is 2.75. The first-order valence-electron chi connectivity index (χ1n) is 8.83. The molecule has 0 radical (unpaired) electrons. The molecule has 7 heteroatoms. The van der Waals surface area contributed by atoms with Gasteiger partial charge in [0.05, 0.1) is 7.11 Å². The fourth-order valence-electron chi connectivity index (χ4n) is 4.08. The van der Waals surface area contributed by atoms with E-state index in [1.165, 1.54) is 0 Å². The van der Waals surface area contributed by atoms with E-state index in [2.05, 4.69) is 29.1 Å². The summed E-state index contributed by atoms with van der Waals surface area (Å²) < 4.78 is 5.59. The van der Waals surface area contributed by atoms with Gasteiger partial charge in [0.25, 0.3) is 0 Å². The molecule has 0 amide bonds. The number of methoxy groups -OCH3 is 1. The number of ether oxygens (including phenoxy) is 1. The predicted octanol–water partition coefficient (Wildman–Crippen LogP) is 3.64. The van der Waals surface area contributed by atoms with Gasteiger partial charge in [0, 0.05) is 29.2 Å². The van der Waals surface area contributed by atoms with Gasteiger partial charge in [0.15, 0.2) is 5.78 Å². The SMILES string of the molecule is COc1ccc(C2C3=C(CC(C)(C)CC3=O)Nc3[nH]c(=O)[nH]c(=S)c32)cc1. The Balaban J connectivity index is 1.97. The molecular formula is C20H21N3O3S. The Bertz CT molecular complexity index is 1080. The monoisotopic (exact) mass is 383 g/mol. The molecule has 1 unspecified atom stereocenters. The van der Waals surface area contributed by atoms with Gasteiger partial charge in [-0.1, -0.05) is 38.2 Å². The van der Waals surface area contributed by atoms with Crippen LogP contribution in [0.4, 0.5) is 5.82 Å². The molecule has 2 heterocycles. The highest BCUT2D eigenvalue weighted by molar-refractivity contribution is 7.71. The third-order valence-corrected chi connectivity index (χ3v) is 5.52. The van der Waals surface area contributed by atoms with Gasteiger partial charge in [-0.05, 0) is 29.5 Å². The summed E-state index contributed by atoms with van der Waals surface area (Å²) in [5, 5.41) is 3.28. The molecular weight excluding hydrogens is 362 g/mol. The summed E-state index contributed by atoms with van der Waals surface area (Å²) in [7, 11) is 1.61. The zero-order valence-electron chi connectivity index (χ0n) is 15.4. The molecule has 27 heavy (non-hydrogen) atoms. The van der Waals surface area contributed by atoms with Crippen LogP contribution in [-0.2, 0) is 4.79 Å². The highest BCUT2D eigenvalue weighted by Gasteiger charge is 2.41. The van der Waals surface area contributed by atoms with E-state index >= 15 is 0 Å². The lowest BCUT2D eigenvalue weighted by atomic mass is 9.69. The van der Waals surface area contributed by atoms with Crippen molar-refractivity contribution in [3.05, 3.63) is 61.8 Å².